The molecule has 0 aromatic rings. The van der Waals surface area contributed by atoms with Gasteiger partial charge in [0.25, 0.3) is 0 Å². The fourth-order valence-electron chi connectivity index (χ4n) is 3.13. The third-order valence-corrected chi connectivity index (χ3v) is 4.01. The number of aliphatic hydroxyl groups is 1. The average Bonchev–Trinajstić information content (AvgIpc) is 2.29. The highest BCUT2D eigenvalue weighted by molar-refractivity contribution is 4.96. The molecule has 1 N–H and O–H groups in total. The molecule has 4 atom stereocenters. The van der Waals surface area contributed by atoms with Crippen LogP contribution in [0.25, 0.3) is 0 Å². The van der Waals surface area contributed by atoms with Gasteiger partial charge < -0.3 is 5.11 Å². The van der Waals surface area contributed by atoms with Gasteiger partial charge in [-0.15, -0.1) is 6.58 Å². The lowest BCUT2D eigenvalue weighted by atomic mass is 9.71. The Morgan fingerprint density at radius 2 is 2.23 bits per heavy atom. The number of fused-ring (bicyclic) bond motifs is 1. The van der Waals surface area contributed by atoms with E-state index in [1.807, 2.05) is 6.08 Å². The first-order chi connectivity index (χ1) is 6.33. The minimum absolute atomic E-state index is 0.0160. The van der Waals surface area contributed by atoms with E-state index in [1.165, 1.54) is 25.7 Å². The van der Waals surface area contributed by atoms with Crippen molar-refractivity contribution in [3.05, 3.63) is 12.7 Å². The van der Waals surface area contributed by atoms with Crippen LogP contribution in [0.1, 0.15) is 38.5 Å². The van der Waals surface area contributed by atoms with Crippen LogP contribution in [0.2, 0.25) is 0 Å². The van der Waals surface area contributed by atoms with Crippen LogP contribution in [0.3, 0.4) is 0 Å². The molecule has 0 radical (unpaired) electrons. The van der Waals surface area contributed by atoms with Crippen molar-refractivity contribution in [2.75, 3.05) is 0 Å². The number of hydrogen-bond donors (Lipinski definition) is 1. The molecule has 2 rings (SSSR count). The second kappa shape index (κ2) is 3.83. The first-order valence-electron chi connectivity index (χ1n) is 5.62. The topological polar surface area (TPSA) is 20.2 Å². The SMILES string of the molecule is C=CCCC[C@@H]1[C@H]2CC[C@H]2C[C@H]1O. The van der Waals surface area contributed by atoms with E-state index in [1.54, 1.807) is 0 Å². The Labute approximate surface area is 80.8 Å². The Bertz CT molecular complexity index is 188. The van der Waals surface area contributed by atoms with Gasteiger partial charge in [-0.3, -0.25) is 0 Å². The smallest absolute Gasteiger partial charge is 0.0573 e. The van der Waals surface area contributed by atoms with Gasteiger partial charge in [-0.1, -0.05) is 6.08 Å². The van der Waals surface area contributed by atoms with E-state index in [4.69, 9.17) is 0 Å². The van der Waals surface area contributed by atoms with Gasteiger partial charge in [0.05, 0.1) is 6.10 Å². The molecule has 13 heavy (non-hydrogen) atoms. The molecule has 2 fully saturated rings. The minimum Gasteiger partial charge on any atom is -0.393 e. The lowest BCUT2D eigenvalue weighted by Crippen LogP contribution is -2.26. The van der Waals surface area contributed by atoms with Crippen LogP contribution in [0, 0.1) is 17.8 Å². The molecule has 0 bridgehead atoms. The van der Waals surface area contributed by atoms with Crippen LogP contribution in [0.4, 0.5) is 0 Å². The molecule has 0 spiro atoms. The Kier molecular flexibility index (Phi) is 2.73. The van der Waals surface area contributed by atoms with Crippen LogP contribution >= 0.6 is 0 Å². The van der Waals surface area contributed by atoms with Crippen molar-refractivity contribution in [1.29, 1.82) is 0 Å². The van der Waals surface area contributed by atoms with Crippen molar-refractivity contribution in [3.8, 4) is 0 Å². The normalized spacial score (nSPS) is 42.5. The lowest BCUT2D eigenvalue weighted by molar-refractivity contribution is 0.0994. The third-order valence-electron chi connectivity index (χ3n) is 4.01. The number of aliphatic hydroxyl groups excluding tert-OH is 1. The van der Waals surface area contributed by atoms with E-state index < -0.39 is 0 Å². The zero-order valence-corrected chi connectivity index (χ0v) is 8.28. The van der Waals surface area contributed by atoms with Gasteiger partial charge in [-0.2, -0.15) is 0 Å². The molecular formula is C12H20O. The van der Waals surface area contributed by atoms with Gasteiger partial charge in [0.15, 0.2) is 0 Å². The third kappa shape index (κ3) is 1.67. The van der Waals surface area contributed by atoms with E-state index in [0.29, 0.717) is 5.92 Å². The summed E-state index contributed by atoms with van der Waals surface area (Å²) in [7, 11) is 0. The maximum absolute atomic E-state index is 9.84. The monoisotopic (exact) mass is 180 g/mol. The summed E-state index contributed by atoms with van der Waals surface area (Å²) in [6.45, 7) is 3.73. The molecule has 0 aromatic carbocycles. The zero-order valence-electron chi connectivity index (χ0n) is 8.28. The molecule has 0 heterocycles. The molecule has 0 amide bonds. The van der Waals surface area contributed by atoms with Crippen LogP contribution in [-0.2, 0) is 0 Å². The predicted molar refractivity (Wildman–Crippen MR) is 54.4 cm³/mol. The van der Waals surface area contributed by atoms with Crippen molar-refractivity contribution in [2.24, 2.45) is 17.8 Å². The van der Waals surface area contributed by atoms with Gasteiger partial charge in [0.2, 0.25) is 0 Å². The number of unbranched alkanes of at least 4 members (excludes halogenated alkanes) is 1. The maximum Gasteiger partial charge on any atom is 0.0573 e. The summed E-state index contributed by atoms with van der Waals surface area (Å²) in [5.41, 5.74) is 0. The highest BCUT2D eigenvalue weighted by atomic mass is 16.3. The summed E-state index contributed by atoms with van der Waals surface area (Å²) in [6, 6.07) is 0. The Balaban J connectivity index is 1.80. The van der Waals surface area contributed by atoms with E-state index in [0.717, 1.165) is 24.7 Å². The fraction of sp³-hybridized carbons (Fsp3) is 0.833. The van der Waals surface area contributed by atoms with Crippen LogP contribution in [0.5, 0.6) is 0 Å². The van der Waals surface area contributed by atoms with Crippen molar-refractivity contribution >= 4 is 0 Å². The van der Waals surface area contributed by atoms with Gasteiger partial charge in [0, 0.05) is 0 Å². The standard InChI is InChI=1S/C12H20O/c1-2-3-4-5-11-10-7-6-9(10)8-12(11)13/h2,9-13H,1,3-8H2/t9-,10-,11+,12+/m0/s1. The molecule has 0 aliphatic heterocycles. The molecule has 0 aromatic heterocycles. The Morgan fingerprint density at radius 3 is 2.77 bits per heavy atom. The summed E-state index contributed by atoms with van der Waals surface area (Å²) < 4.78 is 0. The van der Waals surface area contributed by atoms with E-state index in [-0.39, 0.29) is 6.10 Å². The molecule has 0 unspecified atom stereocenters. The molecule has 1 heteroatoms. The Hall–Kier alpha value is -0.300. The van der Waals surface area contributed by atoms with Crippen molar-refractivity contribution in [1.82, 2.24) is 0 Å². The highest BCUT2D eigenvalue weighted by Gasteiger charge is 2.46. The van der Waals surface area contributed by atoms with Gasteiger partial charge in [-0.05, 0) is 56.3 Å². The largest absolute Gasteiger partial charge is 0.393 e. The number of allylic oxidation sites excluding steroid dienone is 1. The number of hydrogen-bond acceptors (Lipinski definition) is 1. The fourth-order valence-corrected chi connectivity index (χ4v) is 3.13. The number of rotatable bonds is 4. The van der Waals surface area contributed by atoms with Crippen LogP contribution in [0.15, 0.2) is 12.7 Å². The van der Waals surface area contributed by atoms with Gasteiger partial charge >= 0.3 is 0 Å². The molecule has 74 valence electrons. The molecule has 2 saturated carbocycles. The van der Waals surface area contributed by atoms with E-state index in [2.05, 4.69) is 6.58 Å². The molecule has 1 nitrogen and oxygen atoms in total. The van der Waals surface area contributed by atoms with Crippen LogP contribution < -0.4 is 0 Å². The second-order valence-corrected chi connectivity index (χ2v) is 4.69. The second-order valence-electron chi connectivity index (χ2n) is 4.69. The van der Waals surface area contributed by atoms with Gasteiger partial charge in [-0.25, -0.2) is 0 Å². The predicted octanol–water partition coefficient (Wildman–Crippen LogP) is 2.75. The highest BCUT2D eigenvalue weighted by Crippen LogP contribution is 2.51. The molecule has 0 saturated heterocycles. The first kappa shape index (κ1) is 9.26. The summed E-state index contributed by atoms with van der Waals surface area (Å²) >= 11 is 0. The molecule has 2 aliphatic carbocycles. The molecule has 2 aliphatic rings. The quantitative estimate of drug-likeness (QED) is 0.521. The molecular weight excluding hydrogens is 160 g/mol. The van der Waals surface area contributed by atoms with E-state index in [9.17, 15) is 5.11 Å². The summed E-state index contributed by atoms with van der Waals surface area (Å²) in [6.07, 6.45) is 9.38. The van der Waals surface area contributed by atoms with Crippen molar-refractivity contribution in [3.63, 3.8) is 0 Å². The van der Waals surface area contributed by atoms with E-state index >= 15 is 0 Å². The van der Waals surface area contributed by atoms with Crippen molar-refractivity contribution < 1.29 is 5.11 Å². The summed E-state index contributed by atoms with van der Waals surface area (Å²) in [4.78, 5) is 0. The summed E-state index contributed by atoms with van der Waals surface area (Å²) in [5, 5.41) is 9.84. The van der Waals surface area contributed by atoms with Crippen molar-refractivity contribution in [2.45, 2.75) is 44.6 Å². The maximum atomic E-state index is 9.84. The average molecular weight is 180 g/mol. The minimum atomic E-state index is 0.0160. The van der Waals surface area contributed by atoms with Gasteiger partial charge in [0.1, 0.15) is 0 Å². The first-order valence-corrected chi connectivity index (χ1v) is 5.62. The van der Waals surface area contributed by atoms with Crippen LogP contribution in [-0.4, -0.2) is 11.2 Å². The zero-order chi connectivity index (χ0) is 9.26. The Morgan fingerprint density at radius 1 is 1.38 bits per heavy atom. The summed E-state index contributed by atoms with van der Waals surface area (Å²) in [5.74, 6) is 2.38. The lowest BCUT2D eigenvalue weighted by Gasteiger charge is -2.34.